The van der Waals surface area contributed by atoms with Crippen molar-refractivity contribution in [3.05, 3.63) is 23.8 Å². The third kappa shape index (κ3) is 1.98. The van der Waals surface area contributed by atoms with Crippen LogP contribution in [0.15, 0.2) is 12.1 Å². The predicted octanol–water partition coefficient (Wildman–Crippen LogP) is 1.28. The lowest BCUT2D eigenvalue weighted by Gasteiger charge is -2.18. The van der Waals surface area contributed by atoms with Crippen molar-refractivity contribution in [2.75, 3.05) is 18.6 Å². The quantitative estimate of drug-likeness (QED) is 0.733. The highest BCUT2D eigenvalue weighted by Crippen LogP contribution is 2.32. The second kappa shape index (κ2) is 4.12. The molecule has 4 nitrogen and oxygen atoms in total. The molecule has 1 fully saturated rings. The van der Waals surface area contributed by atoms with Crippen LogP contribution in [0.25, 0.3) is 0 Å². The predicted molar refractivity (Wildman–Crippen MR) is 54.9 cm³/mol. The van der Waals surface area contributed by atoms with E-state index in [-0.39, 0.29) is 30.2 Å². The Bertz CT molecular complexity index is 502. The van der Waals surface area contributed by atoms with Gasteiger partial charge in [-0.2, -0.15) is 0 Å². The van der Waals surface area contributed by atoms with Crippen LogP contribution in [-0.2, 0) is 9.59 Å². The minimum atomic E-state index is -1.09. The number of anilines is 1. The molecule has 0 atom stereocenters. The third-order valence-corrected chi connectivity index (χ3v) is 2.50. The van der Waals surface area contributed by atoms with E-state index in [1.165, 1.54) is 7.11 Å². The van der Waals surface area contributed by atoms with Gasteiger partial charge in [-0.15, -0.1) is 0 Å². The van der Waals surface area contributed by atoms with Crippen molar-refractivity contribution in [1.82, 2.24) is 0 Å². The lowest BCUT2D eigenvalue weighted by molar-refractivity contribution is -0.121. The number of rotatable bonds is 2. The van der Waals surface area contributed by atoms with E-state index in [9.17, 15) is 18.4 Å². The Morgan fingerprint density at radius 1 is 1.24 bits per heavy atom. The smallest absolute Gasteiger partial charge is 0.235 e. The molecule has 0 saturated carbocycles. The van der Waals surface area contributed by atoms with E-state index in [4.69, 9.17) is 4.74 Å². The van der Waals surface area contributed by atoms with Gasteiger partial charge in [0, 0.05) is 12.1 Å². The molecule has 1 saturated heterocycles. The average Bonchev–Trinajstić information content (AvgIpc) is 2.61. The molecule has 1 heterocycles. The fourth-order valence-corrected chi connectivity index (χ4v) is 1.70. The zero-order valence-electron chi connectivity index (χ0n) is 9.00. The molecule has 0 spiro atoms. The van der Waals surface area contributed by atoms with Gasteiger partial charge in [-0.3, -0.25) is 9.59 Å². The number of nitrogens with zero attached hydrogens (tertiary/aromatic N) is 1. The number of ketones is 1. The molecule has 0 unspecified atom stereocenters. The van der Waals surface area contributed by atoms with E-state index in [0.717, 1.165) is 17.0 Å². The molecule has 90 valence electrons. The van der Waals surface area contributed by atoms with Crippen molar-refractivity contribution in [3.8, 4) is 5.75 Å². The van der Waals surface area contributed by atoms with Crippen LogP contribution in [0.1, 0.15) is 6.42 Å². The number of ether oxygens (including phenoxy) is 1. The number of halogens is 2. The monoisotopic (exact) mass is 241 g/mol. The number of carbonyl (C=O) groups excluding carboxylic acids is 2. The van der Waals surface area contributed by atoms with Gasteiger partial charge in [0.2, 0.25) is 5.91 Å². The maximum Gasteiger partial charge on any atom is 0.235 e. The number of amides is 1. The van der Waals surface area contributed by atoms with Crippen LogP contribution in [0.2, 0.25) is 0 Å². The first-order valence-electron chi connectivity index (χ1n) is 4.88. The van der Waals surface area contributed by atoms with E-state index >= 15 is 0 Å². The first kappa shape index (κ1) is 11.5. The average molecular weight is 241 g/mol. The van der Waals surface area contributed by atoms with Crippen molar-refractivity contribution in [3.63, 3.8) is 0 Å². The molecule has 6 heteroatoms. The van der Waals surface area contributed by atoms with Crippen LogP contribution < -0.4 is 9.64 Å². The van der Waals surface area contributed by atoms with Crippen molar-refractivity contribution in [2.24, 2.45) is 0 Å². The summed E-state index contributed by atoms with van der Waals surface area (Å²) in [6.45, 7) is -0.139. The van der Waals surface area contributed by atoms with E-state index < -0.39 is 17.5 Å². The van der Waals surface area contributed by atoms with Crippen LogP contribution in [0.5, 0.6) is 5.75 Å². The van der Waals surface area contributed by atoms with E-state index in [1.807, 2.05) is 0 Å². The summed E-state index contributed by atoms with van der Waals surface area (Å²) < 4.78 is 31.0. The first-order valence-corrected chi connectivity index (χ1v) is 4.88. The molecule has 17 heavy (non-hydrogen) atoms. The topological polar surface area (TPSA) is 46.6 Å². The molecule has 1 amide bonds. The summed E-state index contributed by atoms with van der Waals surface area (Å²) in [5, 5.41) is 0. The lowest BCUT2D eigenvalue weighted by atomic mass is 10.2. The number of benzene rings is 1. The number of hydrogen-bond donors (Lipinski definition) is 0. The summed E-state index contributed by atoms with van der Waals surface area (Å²) in [4.78, 5) is 23.7. The summed E-state index contributed by atoms with van der Waals surface area (Å²) in [5.41, 5.74) is 0.0715. The van der Waals surface area contributed by atoms with Crippen LogP contribution in [0.3, 0.4) is 0 Å². The molecule has 0 aromatic heterocycles. The second-order valence-electron chi connectivity index (χ2n) is 3.63. The molecule has 1 aromatic carbocycles. The highest BCUT2D eigenvalue weighted by atomic mass is 19.2. The van der Waals surface area contributed by atoms with Gasteiger partial charge in [0.05, 0.1) is 25.8 Å². The number of hydrogen-bond acceptors (Lipinski definition) is 3. The molecule has 1 aliphatic heterocycles. The Morgan fingerprint density at radius 2 is 1.88 bits per heavy atom. The van der Waals surface area contributed by atoms with Crippen LogP contribution in [0, 0.1) is 11.6 Å². The number of methoxy groups -OCH3 is 1. The van der Waals surface area contributed by atoms with Gasteiger partial charge >= 0.3 is 0 Å². The van der Waals surface area contributed by atoms with Crippen molar-refractivity contribution >= 4 is 17.4 Å². The Balaban J connectivity index is 2.47. The normalized spacial score (nSPS) is 15.6. The minimum absolute atomic E-state index is 0.0203. The van der Waals surface area contributed by atoms with Crippen LogP contribution in [0.4, 0.5) is 14.5 Å². The molecule has 0 radical (unpaired) electrons. The molecule has 2 rings (SSSR count). The van der Waals surface area contributed by atoms with Crippen molar-refractivity contribution in [1.29, 1.82) is 0 Å². The molecule has 1 aliphatic rings. The highest BCUT2D eigenvalue weighted by Gasteiger charge is 2.31. The largest absolute Gasteiger partial charge is 0.494 e. The summed E-state index contributed by atoms with van der Waals surface area (Å²) in [6.07, 6.45) is -0.220. The maximum atomic E-state index is 13.1. The van der Waals surface area contributed by atoms with Gasteiger partial charge in [0.15, 0.2) is 17.4 Å². The summed E-state index contributed by atoms with van der Waals surface area (Å²) in [7, 11) is 1.28. The summed E-state index contributed by atoms with van der Waals surface area (Å²) >= 11 is 0. The minimum Gasteiger partial charge on any atom is -0.494 e. The third-order valence-electron chi connectivity index (χ3n) is 2.50. The van der Waals surface area contributed by atoms with Crippen molar-refractivity contribution in [2.45, 2.75) is 6.42 Å². The molecule has 1 aromatic rings. The SMILES string of the molecule is COc1cc(F)c(F)cc1N1CC(=O)CC1=O. The van der Waals surface area contributed by atoms with Gasteiger partial charge in [0.1, 0.15) is 5.75 Å². The second-order valence-corrected chi connectivity index (χ2v) is 3.63. The van der Waals surface area contributed by atoms with E-state index in [0.29, 0.717) is 0 Å². The maximum absolute atomic E-state index is 13.1. The zero-order chi connectivity index (χ0) is 12.6. The molecular formula is C11H9F2NO3. The fraction of sp³-hybridized carbons (Fsp3) is 0.273. The first-order chi connectivity index (χ1) is 8.02. The van der Waals surface area contributed by atoms with Crippen LogP contribution in [-0.4, -0.2) is 25.3 Å². The standard InChI is InChI=1S/C11H9F2NO3/c1-17-10-4-8(13)7(12)3-9(10)14-5-6(15)2-11(14)16/h3-4H,2,5H2,1H3. The Hall–Kier alpha value is -1.98. The van der Waals surface area contributed by atoms with Crippen molar-refractivity contribution < 1.29 is 23.1 Å². The zero-order valence-corrected chi connectivity index (χ0v) is 9.00. The Kier molecular flexibility index (Phi) is 2.79. The van der Waals surface area contributed by atoms with Crippen LogP contribution >= 0.6 is 0 Å². The molecular weight excluding hydrogens is 232 g/mol. The van der Waals surface area contributed by atoms with Gasteiger partial charge in [-0.25, -0.2) is 8.78 Å². The molecule has 0 bridgehead atoms. The van der Waals surface area contributed by atoms with Gasteiger partial charge < -0.3 is 9.64 Å². The summed E-state index contributed by atoms with van der Waals surface area (Å²) in [6, 6.07) is 1.70. The van der Waals surface area contributed by atoms with Gasteiger partial charge in [-0.1, -0.05) is 0 Å². The molecule has 0 N–H and O–H groups in total. The summed E-state index contributed by atoms with van der Waals surface area (Å²) in [5.74, 6) is -2.84. The van der Waals surface area contributed by atoms with E-state index in [1.54, 1.807) is 0 Å². The number of carbonyl (C=O) groups is 2. The Morgan fingerprint density at radius 3 is 2.41 bits per heavy atom. The fourth-order valence-electron chi connectivity index (χ4n) is 1.70. The number of Topliss-reactive ketones (excluding diaryl/α,β-unsaturated/α-hetero) is 1. The molecule has 0 aliphatic carbocycles. The lowest BCUT2D eigenvalue weighted by Crippen LogP contribution is -2.25. The van der Waals surface area contributed by atoms with E-state index in [2.05, 4.69) is 0 Å². The van der Waals surface area contributed by atoms with Gasteiger partial charge in [-0.05, 0) is 0 Å². The Labute approximate surface area is 95.8 Å². The highest BCUT2D eigenvalue weighted by molar-refractivity contribution is 6.15. The van der Waals surface area contributed by atoms with Gasteiger partial charge in [0.25, 0.3) is 0 Å².